The number of benzene rings is 3. The molecule has 3 aromatic rings. The summed E-state index contributed by atoms with van der Waals surface area (Å²) in [5, 5.41) is 0. The Balaban J connectivity index is 1.40. The van der Waals surface area contributed by atoms with Crippen LogP contribution in [0.15, 0.2) is 84.9 Å². The summed E-state index contributed by atoms with van der Waals surface area (Å²) in [6.07, 6.45) is 1.16. The summed E-state index contributed by atoms with van der Waals surface area (Å²) in [5.74, 6) is -1.98. The van der Waals surface area contributed by atoms with E-state index in [1.807, 2.05) is 24.3 Å². The normalized spacial score (nSPS) is 19.0. The Kier molecular flexibility index (Phi) is 6.91. The summed E-state index contributed by atoms with van der Waals surface area (Å²) < 4.78 is 14.7. The number of imide groups is 1. The van der Waals surface area contributed by atoms with Gasteiger partial charge in [0.25, 0.3) is 11.8 Å². The van der Waals surface area contributed by atoms with E-state index in [2.05, 4.69) is 17.0 Å². The first kappa shape index (κ1) is 23.9. The lowest BCUT2D eigenvalue weighted by Crippen LogP contribution is -2.54. The van der Waals surface area contributed by atoms with Crippen molar-refractivity contribution in [2.45, 2.75) is 37.9 Å². The van der Waals surface area contributed by atoms with Crippen molar-refractivity contribution in [1.29, 1.82) is 0 Å². The fourth-order valence-electron chi connectivity index (χ4n) is 5.21. The second kappa shape index (κ2) is 10.4. The predicted molar refractivity (Wildman–Crippen MR) is 135 cm³/mol. The second-order valence-electron chi connectivity index (χ2n) is 9.31. The number of hydrogen-bond donors (Lipinski definition) is 0. The molecule has 1 unspecified atom stereocenters. The lowest BCUT2D eigenvalue weighted by Gasteiger charge is -2.40. The molecular weight excluding hydrogens is 457 g/mol. The summed E-state index contributed by atoms with van der Waals surface area (Å²) in [7, 11) is 0. The fraction of sp³-hybridized carbons (Fsp3) is 0.276. The molecule has 0 aromatic heterocycles. The number of para-hydroxylation sites is 1. The molecular formula is C29H28FN3O3. The van der Waals surface area contributed by atoms with Gasteiger partial charge in [0.05, 0.1) is 17.7 Å². The zero-order valence-corrected chi connectivity index (χ0v) is 19.9. The molecule has 0 N–H and O–H groups in total. The van der Waals surface area contributed by atoms with Crippen molar-refractivity contribution in [2.75, 3.05) is 18.0 Å². The summed E-state index contributed by atoms with van der Waals surface area (Å²) in [6, 6.07) is 23.5. The molecule has 7 heteroatoms. The van der Waals surface area contributed by atoms with Crippen LogP contribution in [0.3, 0.4) is 0 Å². The van der Waals surface area contributed by atoms with E-state index < -0.39 is 23.7 Å². The predicted octanol–water partition coefficient (Wildman–Crippen LogP) is 4.26. The van der Waals surface area contributed by atoms with E-state index in [0.717, 1.165) is 24.5 Å². The third kappa shape index (κ3) is 4.79. The van der Waals surface area contributed by atoms with E-state index in [4.69, 9.17) is 0 Å². The van der Waals surface area contributed by atoms with Gasteiger partial charge in [-0.25, -0.2) is 9.29 Å². The van der Waals surface area contributed by atoms with Crippen LogP contribution in [0.1, 0.15) is 35.2 Å². The standard InChI is InChI=1S/C29H28FN3O3/c30-25-14-8-7-13-24(25)28(35)32(23-15-17-31(18-16-23)20-21-9-3-1-4-10-21)26-19-27(34)33(29(26)36)22-11-5-2-6-12-22/h1-14,23,26H,15-20H2. The van der Waals surface area contributed by atoms with E-state index in [9.17, 15) is 18.8 Å². The molecule has 2 aliphatic heterocycles. The van der Waals surface area contributed by atoms with Crippen LogP contribution in [-0.4, -0.2) is 52.7 Å². The van der Waals surface area contributed by atoms with Gasteiger partial charge in [-0.05, 0) is 42.7 Å². The number of likely N-dealkylation sites (tertiary alicyclic amines) is 1. The van der Waals surface area contributed by atoms with Gasteiger partial charge in [-0.1, -0.05) is 60.7 Å². The number of hydrogen-bond acceptors (Lipinski definition) is 4. The number of amides is 3. The summed E-state index contributed by atoms with van der Waals surface area (Å²) in [4.78, 5) is 45.1. The third-order valence-electron chi connectivity index (χ3n) is 7.01. The van der Waals surface area contributed by atoms with Gasteiger partial charge in [-0.2, -0.15) is 0 Å². The fourth-order valence-corrected chi connectivity index (χ4v) is 5.21. The molecule has 0 aliphatic carbocycles. The van der Waals surface area contributed by atoms with Crippen molar-refractivity contribution < 1.29 is 18.8 Å². The Morgan fingerprint density at radius 1 is 0.861 bits per heavy atom. The number of nitrogens with zero attached hydrogens (tertiary/aromatic N) is 3. The molecule has 0 saturated carbocycles. The molecule has 2 heterocycles. The van der Waals surface area contributed by atoms with Crippen LogP contribution in [0, 0.1) is 5.82 Å². The highest BCUT2D eigenvalue weighted by Crippen LogP contribution is 2.31. The van der Waals surface area contributed by atoms with Gasteiger partial charge < -0.3 is 4.90 Å². The highest BCUT2D eigenvalue weighted by atomic mass is 19.1. The van der Waals surface area contributed by atoms with Crippen molar-refractivity contribution in [3.8, 4) is 0 Å². The molecule has 36 heavy (non-hydrogen) atoms. The summed E-state index contributed by atoms with van der Waals surface area (Å²) >= 11 is 0. The van der Waals surface area contributed by atoms with Crippen LogP contribution in [0.5, 0.6) is 0 Å². The first-order valence-corrected chi connectivity index (χ1v) is 12.3. The van der Waals surface area contributed by atoms with Gasteiger partial charge in [0.1, 0.15) is 11.9 Å². The van der Waals surface area contributed by atoms with Crippen LogP contribution >= 0.6 is 0 Å². The molecule has 6 nitrogen and oxygen atoms in total. The maximum atomic E-state index is 14.7. The average Bonchev–Trinajstić information content (AvgIpc) is 3.19. The number of carbonyl (C=O) groups excluding carboxylic acids is 3. The molecule has 2 fully saturated rings. The molecule has 0 bridgehead atoms. The molecule has 3 amide bonds. The van der Waals surface area contributed by atoms with Gasteiger partial charge in [0.2, 0.25) is 5.91 Å². The van der Waals surface area contributed by atoms with Crippen LogP contribution < -0.4 is 4.90 Å². The summed E-state index contributed by atoms with van der Waals surface area (Å²) in [6.45, 7) is 2.27. The van der Waals surface area contributed by atoms with E-state index in [1.54, 1.807) is 30.3 Å². The van der Waals surface area contributed by atoms with E-state index in [0.29, 0.717) is 18.5 Å². The Morgan fingerprint density at radius 3 is 2.14 bits per heavy atom. The van der Waals surface area contributed by atoms with Crippen LogP contribution in [0.25, 0.3) is 0 Å². The lowest BCUT2D eigenvalue weighted by molar-refractivity contribution is -0.123. The quantitative estimate of drug-likeness (QED) is 0.490. The van der Waals surface area contributed by atoms with Crippen LogP contribution in [0.2, 0.25) is 0 Å². The Morgan fingerprint density at radius 2 is 1.47 bits per heavy atom. The lowest BCUT2D eigenvalue weighted by atomic mass is 9.98. The Bertz CT molecular complexity index is 1240. The highest BCUT2D eigenvalue weighted by molar-refractivity contribution is 6.23. The number of carbonyl (C=O) groups is 3. The zero-order chi connectivity index (χ0) is 25.1. The van der Waals surface area contributed by atoms with E-state index >= 15 is 0 Å². The monoisotopic (exact) mass is 485 g/mol. The van der Waals surface area contributed by atoms with Gasteiger partial charge in [-0.3, -0.25) is 19.3 Å². The molecule has 3 aromatic carbocycles. The Labute approximate surface area is 209 Å². The molecule has 5 rings (SSSR count). The molecule has 2 saturated heterocycles. The molecule has 2 aliphatic rings. The van der Waals surface area contributed by atoms with E-state index in [1.165, 1.54) is 28.7 Å². The van der Waals surface area contributed by atoms with Crippen molar-refractivity contribution in [2.24, 2.45) is 0 Å². The minimum Gasteiger partial charge on any atom is -0.323 e. The second-order valence-corrected chi connectivity index (χ2v) is 9.31. The zero-order valence-electron chi connectivity index (χ0n) is 19.9. The summed E-state index contributed by atoms with van der Waals surface area (Å²) in [5.41, 5.74) is 1.61. The number of halogens is 1. The van der Waals surface area contributed by atoms with Crippen molar-refractivity contribution in [3.05, 3.63) is 102 Å². The molecule has 1 atom stereocenters. The third-order valence-corrected chi connectivity index (χ3v) is 7.01. The van der Waals surface area contributed by atoms with Crippen molar-refractivity contribution in [3.63, 3.8) is 0 Å². The largest absolute Gasteiger partial charge is 0.323 e. The number of anilines is 1. The van der Waals surface area contributed by atoms with Crippen LogP contribution in [-0.2, 0) is 16.1 Å². The molecule has 184 valence electrons. The van der Waals surface area contributed by atoms with Crippen molar-refractivity contribution in [1.82, 2.24) is 9.80 Å². The minimum absolute atomic E-state index is 0.0809. The minimum atomic E-state index is -0.963. The average molecular weight is 486 g/mol. The molecule has 0 spiro atoms. The smallest absolute Gasteiger partial charge is 0.257 e. The maximum absolute atomic E-state index is 14.7. The first-order valence-electron chi connectivity index (χ1n) is 12.3. The van der Waals surface area contributed by atoms with Gasteiger partial charge in [0, 0.05) is 25.7 Å². The van der Waals surface area contributed by atoms with Gasteiger partial charge in [0.15, 0.2) is 0 Å². The van der Waals surface area contributed by atoms with Crippen LogP contribution in [0.4, 0.5) is 10.1 Å². The topological polar surface area (TPSA) is 60.9 Å². The maximum Gasteiger partial charge on any atom is 0.257 e. The van der Waals surface area contributed by atoms with E-state index in [-0.39, 0.29) is 23.9 Å². The Hall–Kier alpha value is -3.84. The van der Waals surface area contributed by atoms with Gasteiger partial charge in [-0.15, -0.1) is 0 Å². The SMILES string of the molecule is O=C1CC(N(C(=O)c2ccccc2F)C2CCN(Cc3ccccc3)CC2)C(=O)N1c1ccccc1. The number of piperidine rings is 1. The molecule has 0 radical (unpaired) electrons. The van der Waals surface area contributed by atoms with Gasteiger partial charge >= 0.3 is 0 Å². The first-order chi connectivity index (χ1) is 17.5. The highest BCUT2D eigenvalue weighted by Gasteiger charge is 2.47. The number of rotatable bonds is 6. The van der Waals surface area contributed by atoms with Crippen molar-refractivity contribution >= 4 is 23.4 Å².